The Balaban J connectivity index is 3.23. The van der Waals surface area contributed by atoms with Crippen LogP contribution in [0.25, 0.3) is 6.08 Å². The molecular formula is C8H10N2O. The molecule has 0 spiro atoms. The van der Waals surface area contributed by atoms with Crippen molar-refractivity contribution in [1.82, 2.24) is 4.98 Å². The van der Waals surface area contributed by atoms with Crippen LogP contribution in [0, 0.1) is 0 Å². The molecule has 58 valence electrons. The second-order valence-electron chi connectivity index (χ2n) is 2.06. The van der Waals surface area contributed by atoms with E-state index in [9.17, 15) is 0 Å². The highest BCUT2D eigenvalue weighted by Crippen LogP contribution is 2.24. The molecule has 3 heteroatoms. The third-order valence-electron chi connectivity index (χ3n) is 1.38. The normalized spacial score (nSPS) is 9.18. The summed E-state index contributed by atoms with van der Waals surface area (Å²) in [5.74, 6) is 0.634. The molecule has 0 aromatic carbocycles. The van der Waals surface area contributed by atoms with Gasteiger partial charge in [0.05, 0.1) is 19.0 Å². The lowest BCUT2D eigenvalue weighted by atomic mass is 10.2. The number of nitrogen functional groups attached to an aromatic ring is 1. The summed E-state index contributed by atoms with van der Waals surface area (Å²) in [7, 11) is 1.57. The molecule has 0 radical (unpaired) electrons. The SMILES string of the molecule is C=Cc1cncc(N)c1OC. The number of aromatic nitrogens is 1. The number of ether oxygens (including phenoxy) is 1. The van der Waals surface area contributed by atoms with Gasteiger partial charge in [-0.05, 0) is 0 Å². The van der Waals surface area contributed by atoms with Crippen molar-refractivity contribution in [3.63, 3.8) is 0 Å². The maximum atomic E-state index is 5.57. The summed E-state index contributed by atoms with van der Waals surface area (Å²) in [5.41, 5.74) is 6.92. The maximum absolute atomic E-state index is 5.57. The topological polar surface area (TPSA) is 48.1 Å². The van der Waals surface area contributed by atoms with Gasteiger partial charge in [0.25, 0.3) is 0 Å². The molecule has 0 unspecified atom stereocenters. The zero-order valence-electron chi connectivity index (χ0n) is 6.37. The van der Waals surface area contributed by atoms with E-state index in [0.29, 0.717) is 11.4 Å². The minimum absolute atomic E-state index is 0.532. The van der Waals surface area contributed by atoms with Gasteiger partial charge in [0, 0.05) is 11.8 Å². The Morgan fingerprint density at radius 1 is 1.64 bits per heavy atom. The largest absolute Gasteiger partial charge is 0.494 e. The summed E-state index contributed by atoms with van der Waals surface area (Å²) in [6.45, 7) is 3.61. The van der Waals surface area contributed by atoms with Gasteiger partial charge in [0.1, 0.15) is 0 Å². The smallest absolute Gasteiger partial charge is 0.152 e. The number of nitrogens with zero attached hydrogens (tertiary/aromatic N) is 1. The zero-order chi connectivity index (χ0) is 8.27. The summed E-state index contributed by atoms with van der Waals surface area (Å²) in [4.78, 5) is 3.89. The highest BCUT2D eigenvalue weighted by Gasteiger charge is 2.02. The van der Waals surface area contributed by atoms with E-state index in [-0.39, 0.29) is 0 Å². The van der Waals surface area contributed by atoms with Gasteiger partial charge >= 0.3 is 0 Å². The first-order valence-electron chi connectivity index (χ1n) is 3.19. The molecule has 11 heavy (non-hydrogen) atoms. The number of hydrogen-bond donors (Lipinski definition) is 1. The van der Waals surface area contributed by atoms with Crippen LogP contribution in [-0.2, 0) is 0 Å². The molecule has 0 saturated carbocycles. The van der Waals surface area contributed by atoms with Crippen LogP contribution in [0.15, 0.2) is 19.0 Å². The van der Waals surface area contributed by atoms with Crippen molar-refractivity contribution >= 4 is 11.8 Å². The van der Waals surface area contributed by atoms with Crippen LogP contribution in [0.5, 0.6) is 5.75 Å². The lowest BCUT2D eigenvalue weighted by Crippen LogP contribution is -1.95. The Kier molecular flexibility index (Phi) is 2.11. The molecular weight excluding hydrogens is 140 g/mol. The summed E-state index contributed by atoms with van der Waals surface area (Å²) in [6.07, 6.45) is 4.86. The molecule has 0 aliphatic rings. The summed E-state index contributed by atoms with van der Waals surface area (Å²) in [5, 5.41) is 0. The van der Waals surface area contributed by atoms with Gasteiger partial charge in [-0.3, -0.25) is 4.98 Å². The second kappa shape index (κ2) is 3.05. The second-order valence-corrected chi connectivity index (χ2v) is 2.06. The first-order valence-corrected chi connectivity index (χ1v) is 3.19. The van der Waals surface area contributed by atoms with Gasteiger partial charge in [-0.15, -0.1) is 0 Å². The molecule has 3 nitrogen and oxygen atoms in total. The van der Waals surface area contributed by atoms with Crippen LogP contribution in [-0.4, -0.2) is 12.1 Å². The summed E-state index contributed by atoms with van der Waals surface area (Å²) >= 11 is 0. The maximum Gasteiger partial charge on any atom is 0.152 e. The monoisotopic (exact) mass is 150 g/mol. The lowest BCUT2D eigenvalue weighted by Gasteiger charge is -2.05. The Labute approximate surface area is 65.5 Å². The van der Waals surface area contributed by atoms with Gasteiger partial charge < -0.3 is 10.5 Å². The Morgan fingerprint density at radius 3 is 2.82 bits per heavy atom. The Morgan fingerprint density at radius 2 is 2.36 bits per heavy atom. The molecule has 0 amide bonds. The average Bonchev–Trinajstić information content (AvgIpc) is 2.04. The van der Waals surface area contributed by atoms with Crippen LogP contribution in [0.1, 0.15) is 5.56 Å². The van der Waals surface area contributed by atoms with Crippen molar-refractivity contribution in [2.75, 3.05) is 12.8 Å². The van der Waals surface area contributed by atoms with Crippen molar-refractivity contribution in [1.29, 1.82) is 0 Å². The first kappa shape index (κ1) is 7.60. The summed E-state index contributed by atoms with van der Waals surface area (Å²) < 4.78 is 5.03. The van der Waals surface area contributed by atoms with Gasteiger partial charge in [-0.2, -0.15) is 0 Å². The first-order chi connectivity index (χ1) is 5.29. The van der Waals surface area contributed by atoms with E-state index < -0.39 is 0 Å². The van der Waals surface area contributed by atoms with Crippen LogP contribution in [0.2, 0.25) is 0 Å². The van der Waals surface area contributed by atoms with Gasteiger partial charge in [0.15, 0.2) is 5.75 Å². The summed E-state index contributed by atoms with van der Waals surface area (Å²) in [6, 6.07) is 0. The van der Waals surface area contributed by atoms with Gasteiger partial charge in [-0.1, -0.05) is 12.7 Å². The van der Waals surface area contributed by atoms with E-state index in [1.165, 1.54) is 0 Å². The fourth-order valence-corrected chi connectivity index (χ4v) is 0.863. The highest BCUT2D eigenvalue weighted by molar-refractivity contribution is 5.64. The van der Waals surface area contributed by atoms with Gasteiger partial charge in [-0.25, -0.2) is 0 Å². The number of anilines is 1. The molecule has 0 aliphatic heterocycles. The number of hydrogen-bond acceptors (Lipinski definition) is 3. The molecule has 1 rings (SSSR count). The van der Waals surface area contributed by atoms with E-state index in [1.807, 2.05) is 0 Å². The average molecular weight is 150 g/mol. The Hall–Kier alpha value is -1.51. The molecule has 0 saturated heterocycles. The standard InChI is InChI=1S/C8H10N2O/c1-3-6-4-10-5-7(9)8(6)11-2/h3-5H,1,9H2,2H3. The van der Waals surface area contributed by atoms with Crippen LogP contribution in [0.4, 0.5) is 5.69 Å². The molecule has 1 heterocycles. The van der Waals surface area contributed by atoms with E-state index in [0.717, 1.165) is 5.56 Å². The number of nitrogens with two attached hydrogens (primary N) is 1. The molecule has 0 aliphatic carbocycles. The van der Waals surface area contributed by atoms with E-state index in [1.54, 1.807) is 25.6 Å². The molecule has 0 bridgehead atoms. The van der Waals surface area contributed by atoms with E-state index >= 15 is 0 Å². The van der Waals surface area contributed by atoms with Crippen LogP contribution < -0.4 is 10.5 Å². The molecule has 1 aromatic rings. The number of methoxy groups -OCH3 is 1. The van der Waals surface area contributed by atoms with Crippen molar-refractivity contribution in [3.05, 3.63) is 24.5 Å². The molecule has 0 atom stereocenters. The van der Waals surface area contributed by atoms with Gasteiger partial charge in [0.2, 0.25) is 0 Å². The van der Waals surface area contributed by atoms with Crippen molar-refractivity contribution in [2.45, 2.75) is 0 Å². The highest BCUT2D eigenvalue weighted by atomic mass is 16.5. The van der Waals surface area contributed by atoms with E-state index in [4.69, 9.17) is 10.5 Å². The third-order valence-corrected chi connectivity index (χ3v) is 1.38. The fraction of sp³-hybridized carbons (Fsp3) is 0.125. The molecule has 1 aromatic heterocycles. The predicted octanol–water partition coefficient (Wildman–Crippen LogP) is 1.32. The number of rotatable bonds is 2. The quantitative estimate of drug-likeness (QED) is 0.691. The van der Waals surface area contributed by atoms with Crippen molar-refractivity contribution in [2.24, 2.45) is 0 Å². The van der Waals surface area contributed by atoms with Crippen molar-refractivity contribution in [3.8, 4) is 5.75 Å². The minimum Gasteiger partial charge on any atom is -0.494 e. The van der Waals surface area contributed by atoms with E-state index in [2.05, 4.69) is 11.6 Å². The zero-order valence-corrected chi connectivity index (χ0v) is 6.37. The minimum atomic E-state index is 0.532. The Bertz CT molecular complexity index is 271. The van der Waals surface area contributed by atoms with Crippen molar-refractivity contribution < 1.29 is 4.74 Å². The molecule has 0 fully saturated rings. The fourth-order valence-electron chi connectivity index (χ4n) is 0.863. The number of pyridine rings is 1. The van der Waals surface area contributed by atoms with Crippen LogP contribution in [0.3, 0.4) is 0 Å². The third kappa shape index (κ3) is 1.32. The van der Waals surface area contributed by atoms with Crippen LogP contribution >= 0.6 is 0 Å². The lowest BCUT2D eigenvalue weighted by molar-refractivity contribution is 0.415. The predicted molar refractivity (Wildman–Crippen MR) is 45.3 cm³/mol. The molecule has 2 N–H and O–H groups in total.